The number of methoxy groups -OCH3 is 2. The van der Waals surface area contributed by atoms with Crippen molar-refractivity contribution in [3.8, 4) is 11.5 Å². The summed E-state index contributed by atoms with van der Waals surface area (Å²) in [5.41, 5.74) is 2.60. The summed E-state index contributed by atoms with van der Waals surface area (Å²) in [6, 6.07) is 21.8. The lowest BCUT2D eigenvalue weighted by atomic mass is 9.53. The molecule has 3 aromatic rings. The molecular formula is C35H36O6. The van der Waals surface area contributed by atoms with Crippen molar-refractivity contribution in [2.45, 2.75) is 38.9 Å². The Balaban J connectivity index is 1.59. The maximum absolute atomic E-state index is 13.6. The van der Waals surface area contributed by atoms with Gasteiger partial charge in [-0.25, -0.2) is 9.59 Å². The van der Waals surface area contributed by atoms with Crippen LogP contribution in [-0.4, -0.2) is 38.4 Å². The van der Waals surface area contributed by atoms with E-state index in [1.165, 1.54) is 0 Å². The molecule has 0 bridgehead atoms. The first-order chi connectivity index (χ1) is 19.8. The molecule has 1 fully saturated rings. The highest BCUT2D eigenvalue weighted by molar-refractivity contribution is 5.90. The zero-order chi connectivity index (χ0) is 29.1. The molecule has 0 aromatic heterocycles. The first kappa shape index (κ1) is 28.2. The van der Waals surface area contributed by atoms with Crippen LogP contribution in [0.2, 0.25) is 0 Å². The minimum Gasteiger partial charge on any atom is -0.497 e. The summed E-state index contributed by atoms with van der Waals surface area (Å²) in [4.78, 5) is 27.2. The average molecular weight is 553 g/mol. The van der Waals surface area contributed by atoms with Crippen LogP contribution in [0.4, 0.5) is 0 Å². The van der Waals surface area contributed by atoms with E-state index in [1.54, 1.807) is 62.8 Å². The van der Waals surface area contributed by atoms with Gasteiger partial charge in [0.25, 0.3) is 0 Å². The quantitative estimate of drug-likeness (QED) is 0.296. The summed E-state index contributed by atoms with van der Waals surface area (Å²) < 4.78 is 23.2. The zero-order valence-corrected chi connectivity index (χ0v) is 24.1. The molecule has 0 saturated heterocycles. The molecule has 41 heavy (non-hydrogen) atoms. The monoisotopic (exact) mass is 552 g/mol. The van der Waals surface area contributed by atoms with Crippen molar-refractivity contribution in [1.29, 1.82) is 0 Å². The van der Waals surface area contributed by atoms with Gasteiger partial charge in [0.2, 0.25) is 0 Å². The van der Waals surface area contributed by atoms with Gasteiger partial charge in [-0.3, -0.25) is 0 Å². The van der Waals surface area contributed by atoms with Gasteiger partial charge in [-0.2, -0.15) is 0 Å². The lowest BCUT2D eigenvalue weighted by molar-refractivity contribution is -0.121. The number of carbonyl (C=O) groups is 2. The summed E-state index contributed by atoms with van der Waals surface area (Å²) in [5.74, 6) is -0.0731. The number of allylic oxidation sites excluding steroid dienone is 4. The highest BCUT2D eigenvalue weighted by Gasteiger charge is 2.57. The van der Waals surface area contributed by atoms with Crippen molar-refractivity contribution < 1.29 is 28.5 Å². The summed E-state index contributed by atoms with van der Waals surface area (Å²) >= 11 is 0. The standard InChI is InChI=1S/C35H36O6/c1-22-10-6-7-11-28(22)30-29-12-8-9-21-35(29,3)23(2)31(40-33(36)24-13-17-26(38-4)18-14-24)32(30)41-34(37)25-15-19-27(39-5)20-16-25/h6-21,23,29-32H,1-5H3. The molecule has 0 amide bonds. The highest BCUT2D eigenvalue weighted by atomic mass is 16.6. The highest BCUT2D eigenvalue weighted by Crippen LogP contribution is 2.56. The van der Waals surface area contributed by atoms with E-state index in [0.717, 1.165) is 11.1 Å². The Morgan fingerprint density at radius 3 is 1.80 bits per heavy atom. The maximum Gasteiger partial charge on any atom is 0.338 e. The fourth-order valence-electron chi connectivity index (χ4n) is 6.25. The number of hydrogen-bond donors (Lipinski definition) is 0. The third-order valence-electron chi connectivity index (χ3n) is 8.83. The molecule has 6 unspecified atom stereocenters. The van der Waals surface area contributed by atoms with Gasteiger partial charge >= 0.3 is 11.9 Å². The molecule has 0 N–H and O–H groups in total. The number of rotatable bonds is 7. The second kappa shape index (κ2) is 11.7. The maximum atomic E-state index is 13.6. The summed E-state index contributed by atoms with van der Waals surface area (Å²) in [7, 11) is 3.15. The summed E-state index contributed by atoms with van der Waals surface area (Å²) in [6.07, 6.45) is 7.04. The Morgan fingerprint density at radius 2 is 1.27 bits per heavy atom. The fourth-order valence-corrected chi connectivity index (χ4v) is 6.25. The number of benzene rings is 3. The van der Waals surface area contributed by atoms with Crippen molar-refractivity contribution in [3.63, 3.8) is 0 Å². The topological polar surface area (TPSA) is 71.1 Å². The van der Waals surface area contributed by atoms with E-state index in [1.807, 2.05) is 18.2 Å². The molecule has 6 heteroatoms. The molecule has 6 nitrogen and oxygen atoms in total. The SMILES string of the molecule is COc1ccc(C(=O)OC2C(OC(=O)c3ccc(OC)cc3)C(C)C3(C)C=CC=CC3C2c2ccccc2C)cc1. The summed E-state index contributed by atoms with van der Waals surface area (Å²) in [5, 5.41) is 0. The number of aryl methyl sites for hydroxylation is 1. The van der Waals surface area contributed by atoms with Crippen molar-refractivity contribution in [2.75, 3.05) is 14.2 Å². The van der Waals surface area contributed by atoms with Gasteiger partial charge in [0, 0.05) is 11.8 Å². The van der Waals surface area contributed by atoms with E-state index >= 15 is 0 Å². The minimum absolute atomic E-state index is 0.00760. The van der Waals surface area contributed by atoms with Crippen molar-refractivity contribution in [3.05, 3.63) is 119 Å². The minimum atomic E-state index is -0.739. The lowest BCUT2D eigenvalue weighted by Crippen LogP contribution is -2.57. The Morgan fingerprint density at radius 1 is 0.732 bits per heavy atom. The van der Waals surface area contributed by atoms with Crippen LogP contribution in [0.5, 0.6) is 11.5 Å². The largest absolute Gasteiger partial charge is 0.497 e. The molecule has 0 aliphatic heterocycles. The molecule has 0 spiro atoms. The second-order valence-electron chi connectivity index (χ2n) is 11.0. The molecule has 2 aliphatic carbocycles. The molecule has 3 aromatic carbocycles. The Labute approximate surface area is 241 Å². The smallest absolute Gasteiger partial charge is 0.338 e. The number of carbonyl (C=O) groups excluding carboxylic acids is 2. The molecule has 1 saturated carbocycles. The van der Waals surface area contributed by atoms with Crippen molar-refractivity contribution >= 4 is 11.9 Å². The van der Waals surface area contributed by atoms with Crippen LogP contribution in [0.15, 0.2) is 97.1 Å². The van der Waals surface area contributed by atoms with Crippen LogP contribution in [-0.2, 0) is 9.47 Å². The van der Waals surface area contributed by atoms with Crippen LogP contribution in [0.25, 0.3) is 0 Å². The van der Waals surface area contributed by atoms with Crippen LogP contribution >= 0.6 is 0 Å². The van der Waals surface area contributed by atoms with Gasteiger partial charge in [0.05, 0.1) is 25.3 Å². The Bertz CT molecular complexity index is 1450. The van der Waals surface area contributed by atoms with Gasteiger partial charge in [-0.1, -0.05) is 62.4 Å². The van der Waals surface area contributed by atoms with E-state index in [-0.39, 0.29) is 23.2 Å². The van der Waals surface area contributed by atoms with Crippen molar-refractivity contribution in [2.24, 2.45) is 17.3 Å². The van der Waals surface area contributed by atoms with Gasteiger partial charge in [0.1, 0.15) is 23.7 Å². The van der Waals surface area contributed by atoms with E-state index in [0.29, 0.717) is 22.6 Å². The fraction of sp³-hybridized carbons (Fsp3) is 0.314. The van der Waals surface area contributed by atoms with Gasteiger partial charge in [-0.15, -0.1) is 0 Å². The zero-order valence-electron chi connectivity index (χ0n) is 24.1. The normalized spacial score (nSPS) is 26.5. The first-order valence-electron chi connectivity index (χ1n) is 13.9. The molecule has 5 rings (SSSR count). The number of esters is 2. The Kier molecular flexibility index (Phi) is 8.02. The number of fused-ring (bicyclic) bond motifs is 1. The number of ether oxygens (including phenoxy) is 4. The molecule has 6 atom stereocenters. The van der Waals surface area contributed by atoms with Crippen LogP contribution in [0, 0.1) is 24.2 Å². The molecule has 0 heterocycles. The Hall–Kier alpha value is -4.32. The third-order valence-corrected chi connectivity index (χ3v) is 8.83. The van der Waals surface area contributed by atoms with Gasteiger partial charge < -0.3 is 18.9 Å². The predicted octanol–water partition coefficient (Wildman–Crippen LogP) is 6.95. The second-order valence-corrected chi connectivity index (χ2v) is 11.0. The summed E-state index contributed by atoms with van der Waals surface area (Å²) in [6.45, 7) is 6.34. The lowest BCUT2D eigenvalue weighted by Gasteiger charge is -2.54. The molecule has 212 valence electrons. The first-order valence-corrected chi connectivity index (χ1v) is 13.9. The van der Waals surface area contributed by atoms with E-state index in [9.17, 15) is 9.59 Å². The van der Waals surface area contributed by atoms with Gasteiger partial charge in [0.15, 0.2) is 0 Å². The van der Waals surface area contributed by atoms with E-state index in [2.05, 4.69) is 51.1 Å². The average Bonchev–Trinajstić information content (AvgIpc) is 3.00. The molecule has 2 aliphatic rings. The predicted molar refractivity (Wildman–Crippen MR) is 157 cm³/mol. The van der Waals surface area contributed by atoms with Crippen LogP contribution < -0.4 is 9.47 Å². The van der Waals surface area contributed by atoms with Crippen LogP contribution in [0.1, 0.15) is 51.6 Å². The number of hydrogen-bond acceptors (Lipinski definition) is 6. The van der Waals surface area contributed by atoms with Crippen LogP contribution in [0.3, 0.4) is 0 Å². The van der Waals surface area contributed by atoms with Crippen molar-refractivity contribution in [1.82, 2.24) is 0 Å². The van der Waals surface area contributed by atoms with E-state index < -0.39 is 24.1 Å². The van der Waals surface area contributed by atoms with E-state index in [4.69, 9.17) is 18.9 Å². The molecule has 0 radical (unpaired) electrons. The molecular weight excluding hydrogens is 516 g/mol. The van der Waals surface area contributed by atoms with Gasteiger partial charge in [-0.05, 0) is 77.9 Å². The third kappa shape index (κ3) is 5.39.